The fourth-order valence-electron chi connectivity index (χ4n) is 0.689. The van der Waals surface area contributed by atoms with Crippen LogP contribution in [0.25, 0.3) is 0 Å². The Morgan fingerprint density at radius 1 is 1.67 bits per heavy atom. The molecule has 0 spiro atoms. The molecule has 2 heteroatoms. The number of aliphatic imine (C=N–C) groups is 1. The molecule has 48 valence electrons. The van der Waals surface area contributed by atoms with Gasteiger partial charge >= 0.3 is 0 Å². The van der Waals surface area contributed by atoms with E-state index in [1.54, 1.807) is 6.20 Å². The predicted molar refractivity (Wildman–Crippen MR) is 39.2 cm³/mol. The van der Waals surface area contributed by atoms with Gasteiger partial charge in [-0.3, -0.25) is 4.99 Å². The quantitative estimate of drug-likeness (QED) is 0.513. The lowest BCUT2D eigenvalue weighted by Crippen LogP contribution is -2.13. The normalized spacial score (nSPS) is 17.7. The minimum absolute atomic E-state index is 0.890. The summed E-state index contributed by atoms with van der Waals surface area (Å²) in [6.45, 7) is 2.89. The Kier molecular flexibility index (Phi) is 2.07. The van der Waals surface area contributed by atoms with E-state index in [-0.39, 0.29) is 0 Å². The third kappa shape index (κ3) is 1.72. The summed E-state index contributed by atoms with van der Waals surface area (Å²) >= 11 is 0. The molecular weight excluding hydrogens is 112 g/mol. The summed E-state index contributed by atoms with van der Waals surface area (Å²) in [5, 5.41) is 0. The second-order valence-corrected chi connectivity index (χ2v) is 1.81. The SMILES string of the molecule is C/C=C/N1C=CN=CC1. The highest BCUT2D eigenvalue weighted by molar-refractivity contribution is 5.62. The lowest BCUT2D eigenvalue weighted by molar-refractivity contribution is 0.578. The molecular formula is C7H10N2. The van der Waals surface area contributed by atoms with Crippen LogP contribution in [0.2, 0.25) is 0 Å². The largest absolute Gasteiger partial charge is 0.348 e. The van der Waals surface area contributed by atoms with E-state index in [0.717, 1.165) is 6.54 Å². The number of hydrogen-bond donors (Lipinski definition) is 0. The Bertz CT molecular complexity index is 156. The molecule has 0 aromatic heterocycles. The van der Waals surface area contributed by atoms with Gasteiger partial charge in [-0.1, -0.05) is 6.08 Å². The van der Waals surface area contributed by atoms with E-state index in [4.69, 9.17) is 0 Å². The van der Waals surface area contributed by atoms with Crippen molar-refractivity contribution in [1.29, 1.82) is 0 Å². The van der Waals surface area contributed by atoms with E-state index in [1.807, 2.05) is 31.6 Å². The molecule has 0 saturated carbocycles. The summed E-state index contributed by atoms with van der Waals surface area (Å²) in [6.07, 6.45) is 9.62. The Balaban J connectivity index is 2.46. The maximum atomic E-state index is 3.93. The van der Waals surface area contributed by atoms with Crippen molar-refractivity contribution in [3.05, 3.63) is 24.7 Å². The third-order valence-electron chi connectivity index (χ3n) is 1.08. The van der Waals surface area contributed by atoms with Crippen LogP contribution in [0.5, 0.6) is 0 Å². The molecule has 2 nitrogen and oxygen atoms in total. The molecule has 0 aromatic rings. The fourth-order valence-corrected chi connectivity index (χ4v) is 0.689. The molecule has 0 radical (unpaired) electrons. The molecule has 1 aliphatic rings. The second kappa shape index (κ2) is 3.07. The van der Waals surface area contributed by atoms with Crippen molar-refractivity contribution in [3.63, 3.8) is 0 Å². The molecule has 0 amide bonds. The maximum absolute atomic E-state index is 3.93. The van der Waals surface area contributed by atoms with Crippen LogP contribution in [0.15, 0.2) is 29.7 Å². The first kappa shape index (κ1) is 6.08. The number of allylic oxidation sites excluding steroid dienone is 1. The van der Waals surface area contributed by atoms with Gasteiger partial charge in [-0.05, 0) is 13.1 Å². The molecule has 1 rings (SSSR count). The Hall–Kier alpha value is -1.05. The Labute approximate surface area is 55.2 Å². The second-order valence-electron chi connectivity index (χ2n) is 1.81. The molecule has 1 aliphatic heterocycles. The van der Waals surface area contributed by atoms with Crippen LogP contribution >= 0.6 is 0 Å². The van der Waals surface area contributed by atoms with Gasteiger partial charge in [0.05, 0.1) is 6.54 Å². The zero-order valence-electron chi connectivity index (χ0n) is 5.49. The first-order chi connectivity index (χ1) is 4.43. The van der Waals surface area contributed by atoms with Gasteiger partial charge in [0, 0.05) is 18.6 Å². The van der Waals surface area contributed by atoms with Gasteiger partial charge in [-0.15, -0.1) is 0 Å². The number of rotatable bonds is 1. The van der Waals surface area contributed by atoms with Gasteiger partial charge in [-0.25, -0.2) is 0 Å². The van der Waals surface area contributed by atoms with Gasteiger partial charge in [0.1, 0.15) is 0 Å². The van der Waals surface area contributed by atoms with E-state index in [9.17, 15) is 0 Å². The smallest absolute Gasteiger partial charge is 0.0573 e. The molecule has 1 heterocycles. The minimum Gasteiger partial charge on any atom is -0.348 e. The van der Waals surface area contributed by atoms with Crippen molar-refractivity contribution in [2.75, 3.05) is 6.54 Å². The molecule has 0 fully saturated rings. The molecule has 0 saturated heterocycles. The average molecular weight is 122 g/mol. The lowest BCUT2D eigenvalue weighted by atomic mass is 10.5. The van der Waals surface area contributed by atoms with E-state index in [2.05, 4.69) is 9.89 Å². The van der Waals surface area contributed by atoms with Crippen LogP contribution in [0.4, 0.5) is 0 Å². The van der Waals surface area contributed by atoms with Gasteiger partial charge in [0.2, 0.25) is 0 Å². The van der Waals surface area contributed by atoms with Crippen molar-refractivity contribution < 1.29 is 0 Å². The highest BCUT2D eigenvalue weighted by atomic mass is 15.1. The summed E-state index contributed by atoms with van der Waals surface area (Å²) in [7, 11) is 0. The summed E-state index contributed by atoms with van der Waals surface area (Å²) in [4.78, 5) is 5.99. The van der Waals surface area contributed by atoms with Crippen molar-refractivity contribution in [3.8, 4) is 0 Å². The van der Waals surface area contributed by atoms with Crippen molar-refractivity contribution in [2.24, 2.45) is 4.99 Å². The first-order valence-electron chi connectivity index (χ1n) is 3.00. The summed E-state index contributed by atoms with van der Waals surface area (Å²) in [5.74, 6) is 0. The number of hydrogen-bond acceptors (Lipinski definition) is 2. The predicted octanol–water partition coefficient (Wildman–Crippen LogP) is 1.38. The molecule has 9 heavy (non-hydrogen) atoms. The first-order valence-corrected chi connectivity index (χ1v) is 3.00. The van der Waals surface area contributed by atoms with Crippen molar-refractivity contribution >= 4 is 6.21 Å². The molecule has 0 bridgehead atoms. The van der Waals surface area contributed by atoms with Gasteiger partial charge < -0.3 is 4.90 Å². The van der Waals surface area contributed by atoms with Crippen LogP contribution in [0.1, 0.15) is 6.92 Å². The standard InChI is InChI=1S/C7H10N2/c1-2-5-9-6-3-8-4-7-9/h2-6H,7H2,1H3/b5-2+. The summed E-state index contributed by atoms with van der Waals surface area (Å²) < 4.78 is 0. The zero-order chi connectivity index (χ0) is 6.53. The minimum atomic E-state index is 0.890. The Morgan fingerprint density at radius 3 is 3.11 bits per heavy atom. The van der Waals surface area contributed by atoms with Crippen molar-refractivity contribution in [2.45, 2.75) is 6.92 Å². The van der Waals surface area contributed by atoms with Crippen LogP contribution < -0.4 is 0 Å². The van der Waals surface area contributed by atoms with E-state index in [1.165, 1.54) is 0 Å². The zero-order valence-corrected chi connectivity index (χ0v) is 5.49. The average Bonchev–Trinajstić information content (AvgIpc) is 1.91. The molecule has 0 atom stereocenters. The maximum Gasteiger partial charge on any atom is 0.0573 e. The fraction of sp³-hybridized carbons (Fsp3) is 0.286. The van der Waals surface area contributed by atoms with Crippen LogP contribution in [-0.4, -0.2) is 17.7 Å². The third-order valence-corrected chi connectivity index (χ3v) is 1.08. The van der Waals surface area contributed by atoms with Crippen LogP contribution in [-0.2, 0) is 0 Å². The lowest BCUT2D eigenvalue weighted by Gasteiger charge is -2.13. The monoisotopic (exact) mass is 122 g/mol. The van der Waals surface area contributed by atoms with Crippen LogP contribution in [0, 0.1) is 0 Å². The van der Waals surface area contributed by atoms with E-state index >= 15 is 0 Å². The summed E-state index contributed by atoms with van der Waals surface area (Å²) in [5.41, 5.74) is 0. The topological polar surface area (TPSA) is 15.6 Å². The van der Waals surface area contributed by atoms with Crippen LogP contribution in [0.3, 0.4) is 0 Å². The highest BCUT2D eigenvalue weighted by Crippen LogP contribution is 1.94. The van der Waals surface area contributed by atoms with E-state index < -0.39 is 0 Å². The van der Waals surface area contributed by atoms with Gasteiger partial charge in [0.25, 0.3) is 0 Å². The van der Waals surface area contributed by atoms with Gasteiger partial charge in [0.15, 0.2) is 0 Å². The molecule has 0 aromatic carbocycles. The Morgan fingerprint density at radius 2 is 2.56 bits per heavy atom. The van der Waals surface area contributed by atoms with Crippen molar-refractivity contribution in [1.82, 2.24) is 4.90 Å². The van der Waals surface area contributed by atoms with E-state index in [0.29, 0.717) is 0 Å². The highest BCUT2D eigenvalue weighted by Gasteiger charge is 1.91. The molecule has 0 aliphatic carbocycles. The number of nitrogens with zero attached hydrogens (tertiary/aromatic N) is 2. The van der Waals surface area contributed by atoms with Gasteiger partial charge in [-0.2, -0.15) is 0 Å². The summed E-state index contributed by atoms with van der Waals surface area (Å²) in [6, 6.07) is 0. The molecule has 0 N–H and O–H groups in total. The molecule has 0 unspecified atom stereocenters.